The highest BCUT2D eigenvalue weighted by Gasteiger charge is 2.38. The molecule has 0 aliphatic heterocycles. The van der Waals surface area contributed by atoms with Crippen LogP contribution in [0, 0.1) is 23.7 Å². The first-order valence-electron chi connectivity index (χ1n) is 34.6. The third-order valence-corrected chi connectivity index (χ3v) is 17.4. The van der Waals surface area contributed by atoms with Gasteiger partial charge in [0.05, 0.1) is 31.7 Å². The summed E-state index contributed by atoms with van der Waals surface area (Å²) in [6.07, 6.45) is 5.12. The summed E-state index contributed by atoms with van der Waals surface area (Å²) in [7, 11) is 0. The molecule has 570 valence electrons. The predicted octanol–water partition coefficient (Wildman–Crippen LogP) is -1.77. The van der Waals surface area contributed by atoms with Crippen molar-refractivity contribution in [3.63, 3.8) is 0 Å². The highest BCUT2D eigenvalue weighted by atomic mass is 16.3. The molecule has 34 nitrogen and oxygen atoms in total. The maximum Gasteiger partial charge on any atom is 0.243 e. The highest BCUT2D eigenvalue weighted by Crippen LogP contribution is 2.19. The average molecular weight is 1460 g/mol. The zero-order chi connectivity index (χ0) is 77.8. The van der Waals surface area contributed by atoms with Crippen LogP contribution in [0.3, 0.4) is 0 Å². The van der Waals surface area contributed by atoms with E-state index in [0.29, 0.717) is 40.9 Å². The largest absolute Gasteiger partial charge is 0.508 e. The second-order valence-electron chi connectivity index (χ2n) is 26.8. The number of nitrogens with two attached hydrogens (primary N) is 3. The van der Waals surface area contributed by atoms with Crippen molar-refractivity contribution < 1.29 is 77.6 Å². The maximum absolute atomic E-state index is 14.5. The van der Waals surface area contributed by atoms with Gasteiger partial charge in [0.2, 0.25) is 76.8 Å². The summed E-state index contributed by atoms with van der Waals surface area (Å²) in [4.78, 5) is 194. The quantitative estimate of drug-likeness (QED) is 0.0206. The molecular formula is C71H100N18O16. The Kier molecular flexibility index (Phi) is 32.9. The van der Waals surface area contributed by atoms with Crippen LogP contribution in [0.15, 0.2) is 97.8 Å². The zero-order valence-corrected chi connectivity index (χ0v) is 60.2. The number of aromatic amines is 2. The van der Waals surface area contributed by atoms with Crippen LogP contribution >= 0.6 is 0 Å². The first kappa shape index (κ1) is 84.2. The highest BCUT2D eigenvalue weighted by molar-refractivity contribution is 6.00. The predicted molar refractivity (Wildman–Crippen MR) is 382 cm³/mol. The van der Waals surface area contributed by atoms with Crippen molar-refractivity contribution in [2.45, 2.75) is 187 Å². The number of phenolic OH excluding ortho intramolecular Hbond substituents is 3. The molecule has 3 aromatic carbocycles. The molecular weight excluding hydrogens is 1360 g/mol. The number of imidazole rings is 2. The van der Waals surface area contributed by atoms with E-state index in [2.05, 4.69) is 78.4 Å². The van der Waals surface area contributed by atoms with E-state index < -0.39 is 174 Å². The summed E-state index contributed by atoms with van der Waals surface area (Å²) in [6.45, 7) is 14.0. The molecule has 22 N–H and O–H groups in total. The van der Waals surface area contributed by atoms with Crippen LogP contribution in [0.5, 0.6) is 17.2 Å². The second-order valence-corrected chi connectivity index (χ2v) is 26.8. The molecule has 0 aliphatic carbocycles. The number of nitrogens with one attached hydrogen (secondary N) is 13. The molecule has 34 heteroatoms. The molecule has 0 spiro atoms. The molecule has 13 atom stereocenters. The van der Waals surface area contributed by atoms with Gasteiger partial charge in [0.25, 0.3) is 0 Å². The number of carbonyl (C=O) groups excluding carboxylic acids is 13. The number of rotatable bonds is 42. The number of benzene rings is 3. The molecule has 1 unspecified atom stereocenters. The number of carbonyl (C=O) groups is 13. The smallest absolute Gasteiger partial charge is 0.243 e. The summed E-state index contributed by atoms with van der Waals surface area (Å²) < 4.78 is 0. The minimum absolute atomic E-state index is 0.0139. The Hall–Kier alpha value is -11.5. The number of phenols is 3. The Morgan fingerprint density at radius 3 is 1.21 bits per heavy atom. The molecule has 5 aromatic rings. The van der Waals surface area contributed by atoms with Crippen molar-refractivity contribution in [2.75, 3.05) is 6.54 Å². The summed E-state index contributed by atoms with van der Waals surface area (Å²) in [5.41, 5.74) is 20.0. The Bertz CT molecular complexity index is 3750. The lowest BCUT2D eigenvalue weighted by atomic mass is 9.96. The normalized spacial score (nSPS) is 14.9. The van der Waals surface area contributed by atoms with Crippen molar-refractivity contribution in [1.82, 2.24) is 78.4 Å². The van der Waals surface area contributed by atoms with E-state index in [4.69, 9.17) is 17.2 Å². The monoisotopic (exact) mass is 1460 g/mol. The minimum Gasteiger partial charge on any atom is -0.508 e. The van der Waals surface area contributed by atoms with E-state index in [1.165, 1.54) is 105 Å². The fourth-order valence-corrected chi connectivity index (χ4v) is 10.9. The molecule has 0 saturated heterocycles. The van der Waals surface area contributed by atoms with Crippen LogP contribution in [0.2, 0.25) is 0 Å². The Balaban J connectivity index is 1.26. The molecule has 105 heavy (non-hydrogen) atoms. The van der Waals surface area contributed by atoms with E-state index >= 15 is 0 Å². The number of H-pyrrole nitrogens is 2. The van der Waals surface area contributed by atoms with Gasteiger partial charge in [-0.1, -0.05) is 105 Å². The topological polar surface area (TPSA) is 550 Å². The van der Waals surface area contributed by atoms with E-state index in [1.807, 2.05) is 0 Å². The first-order valence-corrected chi connectivity index (χ1v) is 34.6. The van der Waals surface area contributed by atoms with E-state index in [1.54, 1.807) is 55.4 Å². The van der Waals surface area contributed by atoms with E-state index in [0.717, 1.165) is 0 Å². The zero-order valence-electron chi connectivity index (χ0n) is 60.2. The molecule has 5 rings (SSSR count). The minimum atomic E-state index is -1.78. The molecule has 0 radical (unpaired) electrons. The Morgan fingerprint density at radius 1 is 0.419 bits per heavy atom. The molecule has 0 bridgehead atoms. The van der Waals surface area contributed by atoms with Crippen molar-refractivity contribution in [3.05, 3.63) is 126 Å². The number of primary amides is 2. The van der Waals surface area contributed by atoms with Crippen molar-refractivity contribution in [2.24, 2.45) is 40.9 Å². The number of aromatic hydroxyl groups is 3. The number of amides is 13. The van der Waals surface area contributed by atoms with Crippen LogP contribution in [-0.2, 0) is 94.4 Å². The number of nitrogens with zero attached hydrogens (tertiary/aromatic N) is 2. The molecule has 13 amide bonds. The van der Waals surface area contributed by atoms with E-state index in [9.17, 15) is 77.6 Å². The fraction of sp³-hybridized carbons (Fsp3) is 0.479. The van der Waals surface area contributed by atoms with Crippen LogP contribution in [0.4, 0.5) is 0 Å². The van der Waals surface area contributed by atoms with Crippen molar-refractivity contribution >= 4 is 76.8 Å². The van der Waals surface area contributed by atoms with Crippen molar-refractivity contribution in [3.8, 4) is 17.2 Å². The molecule has 0 fully saturated rings. The second kappa shape index (κ2) is 41.0. The standard InChI is InChI=1S/C71H100N18O16/c1-10-38(7)59(70(104)81-50(61(74)95)25-41-12-18-46(90)19-13-41)88-67(101)53(27-43-16-22-48(92)23-17-43)84-66(100)55(30-56(73)93)86-69(103)58(37(5)6)87-62(96)40(9)80-57(94)33-77-64(98)51(24-36(3)4)83-65(99)52(26-42-14-20-47(91)21-15-42)85-71(105)60(39(8)11-2)89-68(102)54(29-45-32-76-35-79-45)82-63(97)49(72)28-44-31-75-34-78-44/h12-23,31-32,34-40,49-55,58-60,90-92H,10-11,24-30,33,72H2,1-9H3,(H2,73,93)(H2,74,95)(H,75,78)(H,76,79)(H,77,98)(H,80,94)(H,81,104)(H,82,97)(H,83,99)(H,84,100)(H,85,105)(H,86,103)(H,87,96)(H,88,101)(H,89,102)/t38-,39-,40-,49-,50-,51-,52-,53-,54-,55-,58?,59-,60-/m0/s1. The third kappa shape index (κ3) is 27.7. The van der Waals surface area contributed by atoms with Crippen LogP contribution < -0.4 is 75.7 Å². The third-order valence-electron chi connectivity index (χ3n) is 17.4. The lowest BCUT2D eigenvalue weighted by Gasteiger charge is -2.29. The van der Waals surface area contributed by atoms with Gasteiger partial charge in [-0.15, -0.1) is 0 Å². The lowest BCUT2D eigenvalue weighted by Crippen LogP contribution is -2.61. The fourth-order valence-electron chi connectivity index (χ4n) is 10.9. The number of hydrogen-bond donors (Lipinski definition) is 19. The SMILES string of the molecule is CC[C@H](C)[C@H](NC(=O)[C@H](Cc1ccc(O)cc1)NC(=O)[C@H](CC(N)=O)NC(=O)C(NC(=O)[C@H](C)NC(=O)CNC(=O)[C@H](CC(C)C)NC(=O)[C@H](Cc1ccc(O)cc1)NC(=O)[C@@H](NC(=O)[C@H](Cc1cnc[nH]1)NC(=O)[C@@H](N)Cc1cnc[nH]1)[C@@H](C)CC)C(C)C)C(=O)N[C@@H](Cc1ccc(O)cc1)C(N)=O. The Labute approximate surface area is 607 Å². The van der Waals surface area contributed by atoms with Gasteiger partial charge in [-0.25, -0.2) is 9.97 Å². The lowest BCUT2D eigenvalue weighted by molar-refractivity contribution is -0.137. The van der Waals surface area contributed by atoms with Gasteiger partial charge >= 0.3 is 0 Å². The van der Waals surface area contributed by atoms with Gasteiger partial charge in [0.1, 0.15) is 77.7 Å². The van der Waals surface area contributed by atoms with Crippen molar-refractivity contribution in [1.29, 1.82) is 0 Å². The van der Waals surface area contributed by atoms with Gasteiger partial charge in [0.15, 0.2) is 0 Å². The number of aromatic nitrogens is 4. The summed E-state index contributed by atoms with van der Waals surface area (Å²) in [5, 5.41) is 58.4. The van der Waals surface area contributed by atoms with Gasteiger partial charge in [-0.2, -0.15) is 0 Å². The van der Waals surface area contributed by atoms with Crippen LogP contribution in [-0.4, -0.2) is 185 Å². The molecule has 2 aromatic heterocycles. The van der Waals surface area contributed by atoms with Crippen LogP contribution in [0.1, 0.15) is 116 Å². The van der Waals surface area contributed by atoms with Gasteiger partial charge < -0.3 is 101 Å². The van der Waals surface area contributed by atoms with Gasteiger partial charge in [-0.05, 0) is 90.1 Å². The molecule has 0 aliphatic rings. The number of hydrogen-bond acceptors (Lipinski definition) is 19. The summed E-state index contributed by atoms with van der Waals surface area (Å²) in [5.74, 6) is -13.9. The average Bonchev–Trinajstić information content (AvgIpc) is 1.18. The van der Waals surface area contributed by atoms with Gasteiger partial charge in [-0.3, -0.25) is 62.3 Å². The maximum atomic E-state index is 14.5. The summed E-state index contributed by atoms with van der Waals surface area (Å²) in [6, 6.07) is 2.01. The first-order chi connectivity index (χ1) is 49.6. The molecule has 0 saturated carbocycles. The molecule has 2 heterocycles. The van der Waals surface area contributed by atoms with Crippen LogP contribution in [0.25, 0.3) is 0 Å². The van der Waals surface area contributed by atoms with Gasteiger partial charge in [0, 0.05) is 55.9 Å². The summed E-state index contributed by atoms with van der Waals surface area (Å²) >= 11 is 0. The Morgan fingerprint density at radius 2 is 0.790 bits per heavy atom. The van der Waals surface area contributed by atoms with E-state index in [-0.39, 0.29) is 61.7 Å².